The Bertz CT molecular complexity index is 895. The maximum Gasteiger partial charge on any atom is 0.319 e. The highest BCUT2D eigenvalue weighted by molar-refractivity contribution is 5.66. The van der Waals surface area contributed by atoms with Crippen molar-refractivity contribution < 1.29 is 14.5 Å². The number of aromatic nitrogens is 4. The third-order valence-corrected chi connectivity index (χ3v) is 3.30. The Labute approximate surface area is 142 Å². The zero-order valence-corrected chi connectivity index (χ0v) is 13.6. The van der Waals surface area contributed by atoms with E-state index in [0.29, 0.717) is 22.2 Å². The Balaban J connectivity index is 1.93. The molecule has 0 bridgehead atoms. The fourth-order valence-corrected chi connectivity index (χ4v) is 2.16. The molecule has 2 aromatic heterocycles. The summed E-state index contributed by atoms with van der Waals surface area (Å²) in [6.45, 7) is 0. The van der Waals surface area contributed by atoms with E-state index in [9.17, 15) is 4.91 Å². The average Bonchev–Trinajstić information content (AvgIpc) is 3.02. The van der Waals surface area contributed by atoms with Gasteiger partial charge >= 0.3 is 5.69 Å². The standard InChI is InChI=1S/C15H16N7O3/c1-24-12-7-6-10(22(23)25-2)9-11(12)18-15-19-14(16)21(20-15)13-5-3-4-8-17-13/h3-9H,1-2H3,(H3,16,18,19,20)/q+1. The van der Waals surface area contributed by atoms with Gasteiger partial charge in [-0.05, 0) is 18.2 Å². The van der Waals surface area contributed by atoms with E-state index in [1.165, 1.54) is 18.9 Å². The fraction of sp³-hybridized carbons (Fsp3) is 0.133. The van der Waals surface area contributed by atoms with Crippen molar-refractivity contribution in [1.29, 1.82) is 0 Å². The molecule has 0 aliphatic carbocycles. The zero-order chi connectivity index (χ0) is 17.8. The van der Waals surface area contributed by atoms with Crippen molar-refractivity contribution in [3.05, 3.63) is 47.5 Å². The first-order chi connectivity index (χ1) is 12.1. The molecule has 0 saturated carbocycles. The van der Waals surface area contributed by atoms with Gasteiger partial charge in [0, 0.05) is 18.3 Å². The van der Waals surface area contributed by atoms with Crippen LogP contribution in [0.3, 0.4) is 0 Å². The molecular weight excluding hydrogens is 326 g/mol. The summed E-state index contributed by atoms with van der Waals surface area (Å²) in [5.74, 6) is 1.43. The van der Waals surface area contributed by atoms with Gasteiger partial charge in [-0.25, -0.2) is 9.82 Å². The highest BCUT2D eigenvalue weighted by Gasteiger charge is 2.19. The largest absolute Gasteiger partial charge is 0.495 e. The molecule has 128 valence electrons. The van der Waals surface area contributed by atoms with Gasteiger partial charge in [0.1, 0.15) is 5.75 Å². The van der Waals surface area contributed by atoms with Crippen LogP contribution in [0.2, 0.25) is 0 Å². The molecule has 0 radical (unpaired) electrons. The molecule has 0 unspecified atom stereocenters. The molecule has 25 heavy (non-hydrogen) atoms. The lowest BCUT2D eigenvalue weighted by atomic mass is 10.2. The lowest BCUT2D eigenvalue weighted by Gasteiger charge is -2.07. The molecule has 3 N–H and O–H groups in total. The molecule has 0 amide bonds. The first kappa shape index (κ1) is 16.2. The number of ether oxygens (including phenoxy) is 1. The molecule has 0 spiro atoms. The highest BCUT2D eigenvalue weighted by atomic mass is 16.8. The van der Waals surface area contributed by atoms with Gasteiger partial charge in [0.2, 0.25) is 11.9 Å². The third-order valence-electron chi connectivity index (χ3n) is 3.30. The van der Waals surface area contributed by atoms with Crippen LogP contribution in [0.25, 0.3) is 5.82 Å². The van der Waals surface area contributed by atoms with Crippen LogP contribution in [0, 0.1) is 4.91 Å². The van der Waals surface area contributed by atoms with Crippen molar-refractivity contribution in [2.45, 2.75) is 0 Å². The van der Waals surface area contributed by atoms with Crippen molar-refractivity contribution in [2.24, 2.45) is 0 Å². The van der Waals surface area contributed by atoms with Crippen molar-refractivity contribution >= 4 is 23.3 Å². The van der Waals surface area contributed by atoms with Crippen LogP contribution < -0.4 is 15.8 Å². The number of nitrogens with one attached hydrogen (secondary N) is 1. The van der Waals surface area contributed by atoms with Crippen molar-refractivity contribution in [3.63, 3.8) is 0 Å². The normalized spacial score (nSPS) is 10.3. The number of pyridine rings is 1. The number of methoxy groups -OCH3 is 1. The highest BCUT2D eigenvalue weighted by Crippen LogP contribution is 2.31. The van der Waals surface area contributed by atoms with E-state index >= 15 is 0 Å². The summed E-state index contributed by atoms with van der Waals surface area (Å²) in [7, 11) is 2.79. The molecule has 10 heteroatoms. The summed E-state index contributed by atoms with van der Waals surface area (Å²) in [5.41, 5.74) is 6.66. The SMILES string of the molecule is COc1ccc([N+](=O)OC)cc1Nc1nc(N)n(-c2ccccn2)n1. The summed E-state index contributed by atoms with van der Waals surface area (Å²) in [5, 5.41) is 7.25. The topological polar surface area (TPSA) is 120 Å². The van der Waals surface area contributed by atoms with E-state index in [0.717, 1.165) is 0 Å². The Kier molecular flexibility index (Phi) is 4.42. The second-order valence-electron chi connectivity index (χ2n) is 4.84. The number of nitrogens with two attached hydrogens (primary N) is 1. The van der Waals surface area contributed by atoms with Gasteiger partial charge in [-0.15, -0.1) is 5.10 Å². The minimum atomic E-state index is 0.165. The van der Waals surface area contributed by atoms with Gasteiger partial charge in [0.05, 0.1) is 17.7 Å². The average molecular weight is 342 g/mol. The Morgan fingerprint density at radius 3 is 2.76 bits per heavy atom. The van der Waals surface area contributed by atoms with Crippen LogP contribution >= 0.6 is 0 Å². The summed E-state index contributed by atoms with van der Waals surface area (Å²) in [4.78, 5) is 25.0. The van der Waals surface area contributed by atoms with Crippen molar-refractivity contribution in [2.75, 3.05) is 25.3 Å². The third kappa shape index (κ3) is 3.32. The molecule has 1 aromatic carbocycles. The molecule has 0 fully saturated rings. The lowest BCUT2D eigenvalue weighted by molar-refractivity contribution is -0.736. The summed E-state index contributed by atoms with van der Waals surface area (Å²) in [6.07, 6.45) is 1.63. The van der Waals surface area contributed by atoms with Crippen LogP contribution in [-0.2, 0) is 4.84 Å². The summed E-state index contributed by atoms with van der Waals surface area (Å²) < 4.78 is 6.67. The lowest BCUT2D eigenvalue weighted by Crippen LogP contribution is -2.04. The summed E-state index contributed by atoms with van der Waals surface area (Å²) >= 11 is 0. The minimum absolute atomic E-state index is 0.165. The maximum absolute atomic E-state index is 11.6. The second kappa shape index (κ2) is 6.83. The zero-order valence-electron chi connectivity index (χ0n) is 13.6. The predicted molar refractivity (Wildman–Crippen MR) is 90.1 cm³/mol. The van der Waals surface area contributed by atoms with E-state index in [1.54, 1.807) is 36.5 Å². The first-order valence-corrected chi connectivity index (χ1v) is 7.22. The number of hydrogen-bond donors (Lipinski definition) is 2. The first-order valence-electron chi connectivity index (χ1n) is 7.22. The van der Waals surface area contributed by atoms with E-state index < -0.39 is 0 Å². The number of anilines is 3. The van der Waals surface area contributed by atoms with Gasteiger partial charge in [-0.2, -0.15) is 9.67 Å². The van der Waals surface area contributed by atoms with Gasteiger partial charge in [-0.3, -0.25) is 0 Å². The molecule has 10 nitrogen and oxygen atoms in total. The molecule has 0 aliphatic rings. The second-order valence-corrected chi connectivity index (χ2v) is 4.84. The van der Waals surface area contributed by atoms with Gasteiger partial charge in [-0.1, -0.05) is 6.07 Å². The molecule has 0 atom stereocenters. The monoisotopic (exact) mass is 342 g/mol. The quantitative estimate of drug-likeness (QED) is 0.652. The number of rotatable bonds is 6. The minimum Gasteiger partial charge on any atom is -0.495 e. The molecule has 3 rings (SSSR count). The Morgan fingerprint density at radius 1 is 1.24 bits per heavy atom. The van der Waals surface area contributed by atoms with E-state index in [1.807, 2.05) is 6.07 Å². The molecule has 0 aliphatic heterocycles. The Hall–Kier alpha value is -3.69. The van der Waals surface area contributed by atoms with E-state index in [4.69, 9.17) is 10.5 Å². The fourth-order valence-electron chi connectivity index (χ4n) is 2.16. The van der Waals surface area contributed by atoms with Crippen LogP contribution in [-0.4, -0.2) is 38.9 Å². The van der Waals surface area contributed by atoms with E-state index in [-0.39, 0.29) is 17.6 Å². The summed E-state index contributed by atoms with van der Waals surface area (Å²) in [6, 6.07) is 10.1. The van der Waals surface area contributed by atoms with Crippen LogP contribution in [0.5, 0.6) is 5.75 Å². The molecule has 2 heterocycles. The Morgan fingerprint density at radius 2 is 2.08 bits per heavy atom. The predicted octanol–water partition coefficient (Wildman–Crippen LogP) is 1.97. The molecule has 0 saturated heterocycles. The van der Waals surface area contributed by atoms with Crippen LogP contribution in [0.15, 0.2) is 42.6 Å². The maximum atomic E-state index is 11.6. The van der Waals surface area contributed by atoms with Crippen LogP contribution in [0.1, 0.15) is 0 Å². The number of nitrogens with zero attached hydrogens (tertiary/aromatic N) is 5. The molecule has 3 aromatic rings. The van der Waals surface area contributed by atoms with E-state index in [2.05, 4.69) is 25.2 Å². The van der Waals surface area contributed by atoms with Crippen LogP contribution in [0.4, 0.5) is 23.3 Å². The van der Waals surface area contributed by atoms with Gasteiger partial charge in [0.25, 0.3) is 4.92 Å². The smallest absolute Gasteiger partial charge is 0.319 e. The molecular formula is C15H16N7O3+. The van der Waals surface area contributed by atoms with Gasteiger partial charge < -0.3 is 15.8 Å². The van der Waals surface area contributed by atoms with Crippen molar-refractivity contribution in [3.8, 4) is 11.6 Å². The number of hydrogen-bond acceptors (Lipinski definition) is 8. The number of benzene rings is 1. The van der Waals surface area contributed by atoms with Gasteiger partial charge in [0.15, 0.2) is 12.9 Å². The number of nitrogen functional groups attached to an aromatic ring is 1. The van der Waals surface area contributed by atoms with Crippen molar-refractivity contribution in [1.82, 2.24) is 19.7 Å².